The molecule has 0 heterocycles. The molecule has 21 heavy (non-hydrogen) atoms. The maximum atomic E-state index is 12.4. The minimum Gasteiger partial charge on any atom is -0.507 e. The van der Waals surface area contributed by atoms with Gasteiger partial charge in [0.15, 0.2) is 0 Å². The second kappa shape index (κ2) is 6.59. The van der Waals surface area contributed by atoms with Crippen LogP contribution in [0.3, 0.4) is 0 Å². The van der Waals surface area contributed by atoms with Crippen molar-refractivity contribution in [3.05, 3.63) is 42.0 Å². The van der Waals surface area contributed by atoms with Crippen molar-refractivity contribution in [1.29, 1.82) is 0 Å². The third-order valence-corrected chi connectivity index (χ3v) is 3.54. The van der Waals surface area contributed by atoms with Crippen LogP contribution in [0.15, 0.2) is 36.4 Å². The van der Waals surface area contributed by atoms with Crippen LogP contribution in [-0.4, -0.2) is 55.0 Å². The lowest BCUT2D eigenvalue weighted by atomic mass is 10.0. The van der Waals surface area contributed by atoms with Crippen molar-refractivity contribution in [3.63, 3.8) is 0 Å². The fourth-order valence-corrected chi connectivity index (χ4v) is 2.33. The van der Waals surface area contributed by atoms with Crippen molar-refractivity contribution < 1.29 is 9.90 Å². The molecular weight excluding hydrogens is 264 g/mol. The molecular formula is C17H22N2O2. The topological polar surface area (TPSA) is 43.8 Å². The van der Waals surface area contributed by atoms with E-state index in [9.17, 15) is 9.90 Å². The SMILES string of the molecule is CN(C)CCCN(C)C(=O)c1cc2ccccc2cc1O. The van der Waals surface area contributed by atoms with Gasteiger partial charge in [-0.1, -0.05) is 24.3 Å². The van der Waals surface area contributed by atoms with E-state index >= 15 is 0 Å². The molecule has 0 fully saturated rings. The van der Waals surface area contributed by atoms with Gasteiger partial charge in [-0.3, -0.25) is 4.79 Å². The Labute approximate surface area is 125 Å². The molecule has 0 aliphatic heterocycles. The number of aromatic hydroxyl groups is 1. The van der Waals surface area contributed by atoms with Crippen LogP contribution in [0.4, 0.5) is 0 Å². The Kier molecular flexibility index (Phi) is 4.81. The summed E-state index contributed by atoms with van der Waals surface area (Å²) >= 11 is 0. The minimum atomic E-state index is -0.142. The number of carbonyl (C=O) groups excluding carboxylic acids is 1. The molecule has 4 heteroatoms. The first-order valence-electron chi connectivity index (χ1n) is 7.11. The summed E-state index contributed by atoms with van der Waals surface area (Å²) in [7, 11) is 5.79. The zero-order valence-electron chi connectivity index (χ0n) is 12.8. The van der Waals surface area contributed by atoms with Crippen LogP contribution >= 0.6 is 0 Å². The summed E-state index contributed by atoms with van der Waals surface area (Å²) in [5.74, 6) is -0.102. The molecule has 2 aromatic carbocycles. The van der Waals surface area contributed by atoms with E-state index < -0.39 is 0 Å². The highest BCUT2D eigenvalue weighted by Crippen LogP contribution is 2.25. The molecule has 4 nitrogen and oxygen atoms in total. The van der Waals surface area contributed by atoms with Crippen LogP contribution in [0.25, 0.3) is 10.8 Å². The highest BCUT2D eigenvalue weighted by molar-refractivity contribution is 6.01. The van der Waals surface area contributed by atoms with E-state index in [1.165, 1.54) is 0 Å². The van der Waals surface area contributed by atoms with Crippen molar-refractivity contribution >= 4 is 16.7 Å². The molecule has 0 aliphatic carbocycles. The smallest absolute Gasteiger partial charge is 0.257 e. The van der Waals surface area contributed by atoms with E-state index in [1.54, 1.807) is 24.1 Å². The predicted molar refractivity (Wildman–Crippen MR) is 85.7 cm³/mol. The number of carbonyl (C=O) groups is 1. The molecule has 0 aliphatic rings. The molecule has 1 amide bonds. The van der Waals surface area contributed by atoms with Gasteiger partial charge in [-0.25, -0.2) is 0 Å². The van der Waals surface area contributed by atoms with E-state index in [4.69, 9.17) is 0 Å². The van der Waals surface area contributed by atoms with Crippen molar-refractivity contribution in [2.75, 3.05) is 34.2 Å². The summed E-state index contributed by atoms with van der Waals surface area (Å²) in [4.78, 5) is 16.2. The number of hydrogen-bond acceptors (Lipinski definition) is 3. The summed E-state index contributed by atoms with van der Waals surface area (Å²) in [6, 6.07) is 11.1. The average molecular weight is 286 g/mol. The second-order valence-electron chi connectivity index (χ2n) is 5.60. The van der Waals surface area contributed by atoms with Gasteiger partial charge in [-0.15, -0.1) is 0 Å². The van der Waals surface area contributed by atoms with Gasteiger partial charge < -0.3 is 14.9 Å². The maximum absolute atomic E-state index is 12.4. The van der Waals surface area contributed by atoms with E-state index in [1.807, 2.05) is 38.4 Å². The standard InChI is InChI=1S/C17H22N2O2/c1-18(2)9-6-10-19(3)17(21)15-11-13-7-4-5-8-14(13)12-16(15)20/h4-5,7-8,11-12,20H,6,9-10H2,1-3H3. The summed E-state index contributed by atoms with van der Waals surface area (Å²) in [5, 5.41) is 12.0. The fourth-order valence-electron chi connectivity index (χ4n) is 2.33. The fraction of sp³-hybridized carbons (Fsp3) is 0.353. The van der Waals surface area contributed by atoms with Crippen LogP contribution in [0.5, 0.6) is 5.75 Å². The first kappa shape index (κ1) is 15.3. The Morgan fingerprint density at radius 2 is 1.67 bits per heavy atom. The van der Waals surface area contributed by atoms with Crippen LogP contribution in [0.1, 0.15) is 16.8 Å². The van der Waals surface area contributed by atoms with Gasteiger partial charge in [0.25, 0.3) is 5.91 Å². The number of hydrogen-bond donors (Lipinski definition) is 1. The highest BCUT2D eigenvalue weighted by atomic mass is 16.3. The molecule has 0 aromatic heterocycles. The lowest BCUT2D eigenvalue weighted by Crippen LogP contribution is -2.29. The molecule has 0 saturated heterocycles. The van der Waals surface area contributed by atoms with E-state index in [0.29, 0.717) is 12.1 Å². The number of phenolic OH excluding ortho intramolecular Hbond substituents is 1. The minimum absolute atomic E-state index is 0.0400. The summed E-state index contributed by atoms with van der Waals surface area (Å²) in [5.41, 5.74) is 0.362. The van der Waals surface area contributed by atoms with E-state index in [-0.39, 0.29) is 11.7 Å². The summed E-state index contributed by atoms with van der Waals surface area (Å²) < 4.78 is 0. The number of phenols is 1. The molecule has 0 spiro atoms. The largest absolute Gasteiger partial charge is 0.507 e. The summed E-state index contributed by atoms with van der Waals surface area (Å²) in [6.07, 6.45) is 0.906. The van der Waals surface area contributed by atoms with E-state index in [2.05, 4.69) is 4.90 Å². The van der Waals surface area contributed by atoms with Gasteiger partial charge in [0.05, 0.1) is 5.56 Å². The number of nitrogens with zero attached hydrogens (tertiary/aromatic N) is 2. The first-order valence-corrected chi connectivity index (χ1v) is 7.11. The van der Waals surface area contributed by atoms with Crippen LogP contribution in [0, 0.1) is 0 Å². The van der Waals surface area contributed by atoms with Gasteiger partial charge in [0.2, 0.25) is 0 Å². The lowest BCUT2D eigenvalue weighted by Gasteiger charge is -2.19. The molecule has 0 radical (unpaired) electrons. The first-order chi connectivity index (χ1) is 9.99. The Bertz CT molecular complexity index is 638. The second-order valence-corrected chi connectivity index (χ2v) is 5.60. The molecule has 0 unspecified atom stereocenters. The Hall–Kier alpha value is -2.07. The van der Waals surface area contributed by atoms with Crippen molar-refractivity contribution in [1.82, 2.24) is 9.80 Å². The molecule has 112 valence electrons. The van der Waals surface area contributed by atoms with Crippen molar-refractivity contribution in [3.8, 4) is 5.75 Å². The molecule has 0 saturated carbocycles. The molecule has 2 aromatic rings. The molecule has 2 rings (SSSR count). The van der Waals surface area contributed by atoms with Crippen LogP contribution in [0.2, 0.25) is 0 Å². The van der Waals surface area contributed by atoms with Gasteiger partial charge in [-0.05, 0) is 50.0 Å². The van der Waals surface area contributed by atoms with Crippen molar-refractivity contribution in [2.24, 2.45) is 0 Å². The van der Waals surface area contributed by atoms with Crippen LogP contribution in [-0.2, 0) is 0 Å². The van der Waals surface area contributed by atoms with Crippen LogP contribution < -0.4 is 0 Å². The monoisotopic (exact) mass is 286 g/mol. The van der Waals surface area contributed by atoms with Gasteiger partial charge in [0, 0.05) is 13.6 Å². The Balaban J connectivity index is 2.16. The molecule has 1 N–H and O–H groups in total. The van der Waals surface area contributed by atoms with Gasteiger partial charge in [0.1, 0.15) is 5.75 Å². The van der Waals surface area contributed by atoms with E-state index in [0.717, 1.165) is 23.7 Å². The normalized spacial score (nSPS) is 11.0. The van der Waals surface area contributed by atoms with Gasteiger partial charge in [-0.2, -0.15) is 0 Å². The number of rotatable bonds is 5. The highest BCUT2D eigenvalue weighted by Gasteiger charge is 2.16. The lowest BCUT2D eigenvalue weighted by molar-refractivity contribution is 0.0788. The zero-order chi connectivity index (χ0) is 15.4. The molecule has 0 atom stereocenters. The average Bonchev–Trinajstić information content (AvgIpc) is 2.45. The number of fused-ring (bicyclic) bond motifs is 1. The summed E-state index contributed by atoms with van der Waals surface area (Å²) in [6.45, 7) is 1.60. The number of amides is 1. The quantitative estimate of drug-likeness (QED) is 0.918. The predicted octanol–water partition coefficient (Wildman–Crippen LogP) is 2.57. The maximum Gasteiger partial charge on any atom is 0.257 e. The zero-order valence-corrected chi connectivity index (χ0v) is 12.8. The third-order valence-electron chi connectivity index (χ3n) is 3.54. The van der Waals surface area contributed by atoms with Crippen molar-refractivity contribution in [2.45, 2.75) is 6.42 Å². The Morgan fingerprint density at radius 3 is 2.29 bits per heavy atom. The number of benzene rings is 2. The van der Waals surface area contributed by atoms with Gasteiger partial charge >= 0.3 is 0 Å². The third kappa shape index (κ3) is 3.73. The molecule has 0 bridgehead atoms. The Morgan fingerprint density at radius 1 is 1.05 bits per heavy atom.